The van der Waals surface area contributed by atoms with Crippen LogP contribution in [0.25, 0.3) is 0 Å². The number of rotatable bonds is 2. The molecule has 1 aliphatic rings. The molecule has 2 heterocycles. The van der Waals surface area contributed by atoms with E-state index in [1.807, 2.05) is 13.8 Å². The van der Waals surface area contributed by atoms with Crippen molar-refractivity contribution in [3.63, 3.8) is 0 Å². The van der Waals surface area contributed by atoms with Gasteiger partial charge < -0.3 is 4.74 Å². The fourth-order valence-electron chi connectivity index (χ4n) is 2.30. The first kappa shape index (κ1) is 13.4. The molecule has 100 valence electrons. The zero-order valence-corrected chi connectivity index (χ0v) is 11.3. The zero-order valence-electron chi connectivity index (χ0n) is 10.5. The number of hydrogen-bond donors (Lipinski definition) is 1. The van der Waals surface area contributed by atoms with Crippen LogP contribution in [-0.4, -0.2) is 22.8 Å². The fraction of sp³-hybridized carbons (Fsp3) is 0.667. The van der Waals surface area contributed by atoms with Crippen LogP contribution in [0.1, 0.15) is 44.2 Å². The lowest BCUT2D eigenvalue weighted by atomic mass is 10.1. The van der Waals surface area contributed by atoms with Gasteiger partial charge >= 0.3 is 5.69 Å². The van der Waals surface area contributed by atoms with Crippen LogP contribution in [0.4, 0.5) is 0 Å². The van der Waals surface area contributed by atoms with Gasteiger partial charge in [0.1, 0.15) is 5.15 Å². The van der Waals surface area contributed by atoms with E-state index in [0.29, 0.717) is 18.8 Å². The summed E-state index contributed by atoms with van der Waals surface area (Å²) in [5.41, 5.74) is -0.291. The normalized spacial score (nSPS) is 20.3. The van der Waals surface area contributed by atoms with E-state index in [4.69, 9.17) is 16.3 Å². The molecule has 2 rings (SSSR count). The first-order chi connectivity index (χ1) is 8.52. The van der Waals surface area contributed by atoms with Gasteiger partial charge in [-0.25, -0.2) is 4.79 Å². The van der Waals surface area contributed by atoms with Gasteiger partial charge in [-0.05, 0) is 18.8 Å². The average molecular weight is 273 g/mol. The van der Waals surface area contributed by atoms with Gasteiger partial charge in [0.05, 0.1) is 18.2 Å². The quantitative estimate of drug-likeness (QED) is 0.833. The summed E-state index contributed by atoms with van der Waals surface area (Å²) < 4.78 is 6.58. The molecule has 1 unspecified atom stereocenters. The highest BCUT2D eigenvalue weighted by Crippen LogP contribution is 2.20. The van der Waals surface area contributed by atoms with Crippen LogP contribution in [0, 0.1) is 0 Å². The molecule has 0 radical (unpaired) electrons. The van der Waals surface area contributed by atoms with E-state index in [-0.39, 0.29) is 22.7 Å². The molecule has 0 saturated carbocycles. The molecule has 1 aromatic heterocycles. The minimum atomic E-state index is -0.454. The maximum absolute atomic E-state index is 12.4. The van der Waals surface area contributed by atoms with E-state index in [2.05, 4.69) is 4.98 Å². The van der Waals surface area contributed by atoms with Gasteiger partial charge in [-0.1, -0.05) is 25.4 Å². The number of aromatic nitrogens is 2. The second-order valence-electron chi connectivity index (χ2n) is 4.86. The van der Waals surface area contributed by atoms with Crippen LogP contribution in [-0.2, 0) is 4.74 Å². The molecule has 18 heavy (non-hydrogen) atoms. The molecule has 1 saturated heterocycles. The van der Waals surface area contributed by atoms with Crippen molar-refractivity contribution in [2.75, 3.05) is 13.2 Å². The Morgan fingerprint density at radius 2 is 2.17 bits per heavy atom. The summed E-state index contributed by atoms with van der Waals surface area (Å²) in [6, 6.07) is -0.190. The van der Waals surface area contributed by atoms with Crippen molar-refractivity contribution in [2.24, 2.45) is 0 Å². The van der Waals surface area contributed by atoms with Gasteiger partial charge in [0.25, 0.3) is 5.56 Å². The van der Waals surface area contributed by atoms with Crippen LogP contribution in [0.3, 0.4) is 0 Å². The SMILES string of the molecule is CC(C)c1c(Cl)[nH]c(=O)n(C2CCCOC2)c1=O. The van der Waals surface area contributed by atoms with Gasteiger partial charge in [-0.2, -0.15) is 0 Å². The molecule has 0 aromatic carbocycles. The minimum absolute atomic E-state index is 0.0300. The Morgan fingerprint density at radius 3 is 2.72 bits per heavy atom. The monoisotopic (exact) mass is 272 g/mol. The third-order valence-corrected chi connectivity index (χ3v) is 3.50. The summed E-state index contributed by atoms with van der Waals surface area (Å²) in [6.45, 7) is 4.85. The van der Waals surface area contributed by atoms with Crippen LogP contribution in [0.2, 0.25) is 5.15 Å². The summed E-state index contributed by atoms with van der Waals surface area (Å²) in [7, 11) is 0. The van der Waals surface area contributed by atoms with Gasteiger partial charge in [0.2, 0.25) is 0 Å². The molecule has 1 fully saturated rings. The van der Waals surface area contributed by atoms with Crippen LogP contribution < -0.4 is 11.2 Å². The average Bonchev–Trinajstić information content (AvgIpc) is 2.28. The topological polar surface area (TPSA) is 64.1 Å². The number of nitrogens with zero attached hydrogens (tertiary/aromatic N) is 1. The molecule has 5 nitrogen and oxygen atoms in total. The summed E-state index contributed by atoms with van der Waals surface area (Å²) in [4.78, 5) is 26.8. The minimum Gasteiger partial charge on any atom is -0.379 e. The van der Waals surface area contributed by atoms with Gasteiger partial charge in [0, 0.05) is 6.61 Å². The predicted octanol–water partition coefficient (Wildman–Crippen LogP) is 1.66. The Balaban J connectivity index is 2.56. The number of aromatic amines is 1. The fourth-order valence-corrected chi connectivity index (χ4v) is 2.68. The largest absolute Gasteiger partial charge is 0.379 e. The summed E-state index contributed by atoms with van der Waals surface area (Å²) in [6.07, 6.45) is 1.64. The first-order valence-corrected chi connectivity index (χ1v) is 6.52. The molecule has 1 N–H and O–H groups in total. The Labute approximate surface area is 110 Å². The molecule has 0 bridgehead atoms. The number of halogens is 1. The number of H-pyrrole nitrogens is 1. The second kappa shape index (κ2) is 5.28. The van der Waals surface area contributed by atoms with E-state index < -0.39 is 5.69 Å². The van der Waals surface area contributed by atoms with E-state index >= 15 is 0 Å². The highest BCUT2D eigenvalue weighted by atomic mass is 35.5. The zero-order chi connectivity index (χ0) is 13.3. The van der Waals surface area contributed by atoms with Crippen molar-refractivity contribution in [2.45, 2.75) is 38.6 Å². The molecule has 0 spiro atoms. The Bertz CT molecular complexity index is 541. The van der Waals surface area contributed by atoms with Crippen molar-refractivity contribution in [3.8, 4) is 0 Å². The third-order valence-electron chi connectivity index (χ3n) is 3.20. The third kappa shape index (κ3) is 2.37. The summed E-state index contributed by atoms with van der Waals surface area (Å²) in [5, 5.41) is 0.146. The van der Waals surface area contributed by atoms with E-state index in [0.717, 1.165) is 12.8 Å². The molecule has 1 atom stereocenters. The van der Waals surface area contributed by atoms with Crippen molar-refractivity contribution in [3.05, 3.63) is 31.6 Å². The molecular formula is C12H17ClN2O3. The van der Waals surface area contributed by atoms with E-state index in [1.165, 1.54) is 4.57 Å². The second-order valence-corrected chi connectivity index (χ2v) is 5.24. The van der Waals surface area contributed by atoms with Crippen LogP contribution >= 0.6 is 11.6 Å². The van der Waals surface area contributed by atoms with Gasteiger partial charge in [0.15, 0.2) is 0 Å². The molecule has 6 heteroatoms. The summed E-state index contributed by atoms with van der Waals surface area (Å²) in [5.74, 6) is -0.0300. The number of hydrogen-bond acceptors (Lipinski definition) is 3. The van der Waals surface area contributed by atoms with E-state index in [9.17, 15) is 9.59 Å². The first-order valence-electron chi connectivity index (χ1n) is 6.14. The number of nitrogens with one attached hydrogen (secondary N) is 1. The van der Waals surface area contributed by atoms with Crippen molar-refractivity contribution >= 4 is 11.6 Å². The molecule has 0 aliphatic carbocycles. The maximum atomic E-state index is 12.4. The lowest BCUT2D eigenvalue weighted by molar-refractivity contribution is 0.0563. The van der Waals surface area contributed by atoms with Crippen molar-refractivity contribution in [1.29, 1.82) is 0 Å². The highest BCUT2D eigenvalue weighted by molar-refractivity contribution is 6.30. The van der Waals surface area contributed by atoms with E-state index in [1.54, 1.807) is 0 Å². The van der Waals surface area contributed by atoms with Gasteiger partial charge in [-0.15, -0.1) is 0 Å². The van der Waals surface area contributed by atoms with Gasteiger partial charge in [-0.3, -0.25) is 14.3 Å². The predicted molar refractivity (Wildman–Crippen MR) is 69.5 cm³/mol. The smallest absolute Gasteiger partial charge is 0.329 e. The number of ether oxygens (including phenoxy) is 1. The Hall–Kier alpha value is -1.07. The highest BCUT2D eigenvalue weighted by Gasteiger charge is 2.23. The lowest BCUT2D eigenvalue weighted by Gasteiger charge is -2.24. The molecular weight excluding hydrogens is 256 g/mol. The Morgan fingerprint density at radius 1 is 1.44 bits per heavy atom. The Kier molecular flexibility index (Phi) is 3.92. The van der Waals surface area contributed by atoms with Crippen molar-refractivity contribution < 1.29 is 4.74 Å². The molecule has 1 aliphatic heterocycles. The van der Waals surface area contributed by atoms with Crippen LogP contribution in [0.5, 0.6) is 0 Å². The molecule has 1 aromatic rings. The summed E-state index contributed by atoms with van der Waals surface area (Å²) >= 11 is 5.94. The molecule has 0 amide bonds. The standard InChI is InChI=1S/C12H17ClN2O3/c1-7(2)9-10(13)14-12(17)15(11(9)16)8-4-3-5-18-6-8/h7-8H,3-6H2,1-2H3,(H,14,17). The lowest BCUT2D eigenvalue weighted by Crippen LogP contribution is -2.42. The van der Waals surface area contributed by atoms with Crippen molar-refractivity contribution in [1.82, 2.24) is 9.55 Å². The maximum Gasteiger partial charge on any atom is 0.329 e. The van der Waals surface area contributed by atoms with Crippen LogP contribution in [0.15, 0.2) is 9.59 Å².